The summed E-state index contributed by atoms with van der Waals surface area (Å²) in [6.45, 7) is 0.0339. The average molecular weight is 400 g/mol. The highest BCUT2D eigenvalue weighted by Gasteiger charge is 2.14. The third-order valence-electron chi connectivity index (χ3n) is 3.56. The fourth-order valence-corrected chi connectivity index (χ4v) is 2.42. The Morgan fingerprint density at radius 3 is 2.61 bits per heavy atom. The summed E-state index contributed by atoms with van der Waals surface area (Å²) < 4.78 is 18.4. The number of nitrogens with zero attached hydrogens (tertiary/aromatic N) is 1. The van der Waals surface area contributed by atoms with Crippen molar-refractivity contribution in [3.8, 4) is 0 Å². The maximum absolute atomic E-state index is 12.9. The van der Waals surface area contributed by atoms with Crippen LogP contribution in [0.15, 0.2) is 70.1 Å². The Balaban J connectivity index is 1.51. The molecule has 2 aromatic carbocycles. The average Bonchev–Trinajstić information content (AvgIpc) is 3.13. The first kappa shape index (κ1) is 19.3. The van der Waals surface area contributed by atoms with Gasteiger partial charge < -0.3 is 15.1 Å². The van der Waals surface area contributed by atoms with Crippen LogP contribution in [0.25, 0.3) is 0 Å². The highest BCUT2D eigenvalue weighted by Crippen LogP contribution is 2.15. The molecule has 142 valence electrons. The molecule has 0 atom stereocenters. The second kappa shape index (κ2) is 8.96. The Kier molecular flexibility index (Phi) is 6.18. The van der Waals surface area contributed by atoms with Crippen LogP contribution in [0, 0.1) is 5.82 Å². The molecule has 0 fully saturated rings. The van der Waals surface area contributed by atoms with Gasteiger partial charge in [-0.1, -0.05) is 17.7 Å². The van der Waals surface area contributed by atoms with Crippen LogP contribution in [0.1, 0.15) is 11.5 Å². The molecule has 0 unspecified atom stereocenters. The second-order valence-electron chi connectivity index (χ2n) is 5.69. The molecule has 8 heteroatoms. The van der Waals surface area contributed by atoms with Gasteiger partial charge in [0.05, 0.1) is 18.4 Å². The Morgan fingerprint density at radius 2 is 1.86 bits per heavy atom. The summed E-state index contributed by atoms with van der Waals surface area (Å²) in [5, 5.41) is 5.36. The summed E-state index contributed by atoms with van der Waals surface area (Å²) in [7, 11) is 0. The summed E-state index contributed by atoms with van der Waals surface area (Å²) in [5.74, 6) is -1.05. The highest BCUT2D eigenvalue weighted by molar-refractivity contribution is 6.39. The monoisotopic (exact) mass is 399 g/mol. The number of anilines is 1. The van der Waals surface area contributed by atoms with Gasteiger partial charge >= 0.3 is 11.8 Å². The van der Waals surface area contributed by atoms with Crippen molar-refractivity contribution in [2.45, 2.75) is 6.54 Å². The van der Waals surface area contributed by atoms with Gasteiger partial charge in [-0.3, -0.25) is 14.6 Å². The van der Waals surface area contributed by atoms with E-state index in [4.69, 9.17) is 16.0 Å². The molecule has 0 aliphatic carbocycles. The van der Waals surface area contributed by atoms with Crippen molar-refractivity contribution < 1.29 is 18.4 Å². The third kappa shape index (κ3) is 5.52. The number of carbonyl (C=O) groups is 2. The van der Waals surface area contributed by atoms with Crippen molar-refractivity contribution in [3.63, 3.8) is 0 Å². The number of carbonyl (C=O) groups excluding carboxylic acids is 2. The van der Waals surface area contributed by atoms with E-state index >= 15 is 0 Å². The molecule has 1 aromatic heterocycles. The van der Waals surface area contributed by atoms with Crippen LogP contribution >= 0.6 is 11.6 Å². The van der Waals surface area contributed by atoms with Crippen LogP contribution in [-0.2, 0) is 16.1 Å². The quantitative estimate of drug-likeness (QED) is 0.501. The van der Waals surface area contributed by atoms with Crippen molar-refractivity contribution in [3.05, 3.63) is 83.0 Å². The molecular formula is C20H15ClFN3O3. The summed E-state index contributed by atoms with van der Waals surface area (Å²) in [5.41, 5.74) is 0.996. The standard InChI is InChI=1S/C20H15ClFN3O3/c21-13-2-1-3-16(10-13)25-20(27)19(26)24-12-18-9-8-17(28-18)11-23-15-6-4-14(22)5-7-15/h1-11H,12H2,(H,24,26)(H,25,27). The summed E-state index contributed by atoms with van der Waals surface area (Å²) in [6.07, 6.45) is 1.48. The molecule has 1 heterocycles. The number of nitrogens with one attached hydrogen (secondary N) is 2. The number of hydrogen-bond donors (Lipinski definition) is 2. The van der Waals surface area contributed by atoms with Gasteiger partial charge in [-0.25, -0.2) is 4.39 Å². The van der Waals surface area contributed by atoms with Crippen molar-refractivity contribution in [1.82, 2.24) is 5.32 Å². The van der Waals surface area contributed by atoms with Gasteiger partial charge in [-0.2, -0.15) is 0 Å². The first-order valence-corrected chi connectivity index (χ1v) is 8.60. The lowest BCUT2D eigenvalue weighted by molar-refractivity contribution is -0.136. The molecule has 0 bridgehead atoms. The molecular weight excluding hydrogens is 385 g/mol. The van der Waals surface area contributed by atoms with Crippen LogP contribution in [0.2, 0.25) is 5.02 Å². The summed E-state index contributed by atoms with van der Waals surface area (Å²) >= 11 is 5.83. The lowest BCUT2D eigenvalue weighted by Gasteiger charge is -2.05. The van der Waals surface area contributed by atoms with E-state index in [0.717, 1.165) is 0 Å². The Labute approximate surface area is 165 Å². The van der Waals surface area contributed by atoms with Crippen molar-refractivity contribution >= 4 is 41.0 Å². The summed E-state index contributed by atoms with van der Waals surface area (Å²) in [4.78, 5) is 27.9. The smallest absolute Gasteiger partial charge is 0.313 e. The molecule has 28 heavy (non-hydrogen) atoms. The van der Waals surface area contributed by atoms with Crippen molar-refractivity contribution in [1.29, 1.82) is 0 Å². The Bertz CT molecular complexity index is 1020. The van der Waals surface area contributed by atoms with Crippen LogP contribution < -0.4 is 10.6 Å². The molecule has 0 saturated heterocycles. The molecule has 3 aromatic rings. The fourth-order valence-electron chi connectivity index (χ4n) is 2.23. The minimum atomic E-state index is -0.813. The van der Waals surface area contributed by atoms with Gasteiger partial charge in [0.1, 0.15) is 17.3 Å². The first-order valence-electron chi connectivity index (χ1n) is 8.23. The predicted octanol–water partition coefficient (Wildman–Crippen LogP) is 4.08. The fraction of sp³-hybridized carbons (Fsp3) is 0.0500. The SMILES string of the molecule is O=C(NCc1ccc(C=Nc2ccc(F)cc2)o1)C(=O)Nc1cccc(Cl)c1. The van der Waals surface area contributed by atoms with Crippen LogP contribution in [0.5, 0.6) is 0 Å². The molecule has 0 aliphatic rings. The van der Waals surface area contributed by atoms with Crippen molar-refractivity contribution in [2.75, 3.05) is 5.32 Å². The minimum Gasteiger partial charge on any atom is -0.458 e. The molecule has 0 spiro atoms. The van der Waals surface area contributed by atoms with E-state index in [1.54, 1.807) is 30.3 Å². The topological polar surface area (TPSA) is 83.7 Å². The molecule has 3 rings (SSSR count). The second-order valence-corrected chi connectivity index (χ2v) is 6.12. The number of amides is 2. The largest absolute Gasteiger partial charge is 0.458 e. The van der Waals surface area contributed by atoms with E-state index in [1.165, 1.54) is 36.5 Å². The Hall–Kier alpha value is -3.45. The van der Waals surface area contributed by atoms with Crippen LogP contribution in [0.3, 0.4) is 0 Å². The predicted molar refractivity (Wildman–Crippen MR) is 104 cm³/mol. The first-order chi connectivity index (χ1) is 13.5. The zero-order chi connectivity index (χ0) is 19.9. The number of hydrogen-bond acceptors (Lipinski definition) is 4. The number of aliphatic imine (C=N–C) groups is 1. The van der Waals surface area contributed by atoms with E-state index in [9.17, 15) is 14.0 Å². The van der Waals surface area contributed by atoms with E-state index in [0.29, 0.717) is 27.9 Å². The molecule has 6 nitrogen and oxygen atoms in total. The molecule has 2 N–H and O–H groups in total. The minimum absolute atomic E-state index is 0.0339. The maximum Gasteiger partial charge on any atom is 0.313 e. The molecule has 0 radical (unpaired) electrons. The van der Waals surface area contributed by atoms with Crippen molar-refractivity contribution in [2.24, 2.45) is 4.99 Å². The van der Waals surface area contributed by atoms with Gasteiger partial charge in [0, 0.05) is 10.7 Å². The highest BCUT2D eigenvalue weighted by atomic mass is 35.5. The lowest BCUT2D eigenvalue weighted by atomic mass is 10.3. The number of benzene rings is 2. The number of furan rings is 1. The van der Waals surface area contributed by atoms with Crippen LogP contribution in [0.4, 0.5) is 15.8 Å². The van der Waals surface area contributed by atoms with Crippen LogP contribution in [-0.4, -0.2) is 18.0 Å². The normalized spacial score (nSPS) is 10.8. The van der Waals surface area contributed by atoms with E-state index in [2.05, 4.69) is 15.6 Å². The lowest BCUT2D eigenvalue weighted by Crippen LogP contribution is -2.34. The Morgan fingerprint density at radius 1 is 1.07 bits per heavy atom. The maximum atomic E-state index is 12.9. The zero-order valence-corrected chi connectivity index (χ0v) is 15.2. The van der Waals surface area contributed by atoms with Gasteiger partial charge in [0.2, 0.25) is 0 Å². The third-order valence-corrected chi connectivity index (χ3v) is 3.80. The van der Waals surface area contributed by atoms with Gasteiger partial charge in [0.25, 0.3) is 0 Å². The van der Waals surface area contributed by atoms with E-state index in [-0.39, 0.29) is 12.4 Å². The molecule has 0 aliphatic heterocycles. The van der Waals surface area contributed by atoms with Gasteiger partial charge in [-0.05, 0) is 54.6 Å². The van der Waals surface area contributed by atoms with E-state index < -0.39 is 11.8 Å². The van der Waals surface area contributed by atoms with E-state index in [1.807, 2.05) is 0 Å². The van der Waals surface area contributed by atoms with Gasteiger partial charge in [0.15, 0.2) is 0 Å². The number of halogens is 2. The zero-order valence-electron chi connectivity index (χ0n) is 14.5. The van der Waals surface area contributed by atoms with Gasteiger partial charge in [-0.15, -0.1) is 0 Å². The molecule has 2 amide bonds. The number of rotatable bonds is 5. The molecule has 0 saturated carbocycles. The summed E-state index contributed by atoms with van der Waals surface area (Å²) in [6, 6.07) is 15.5.